The Hall–Kier alpha value is -2.33. The number of nitrogens with two attached hydrogens (primary N) is 1. The second-order valence-corrected chi connectivity index (χ2v) is 5.06. The third-order valence-electron chi connectivity index (χ3n) is 2.98. The van der Waals surface area contributed by atoms with Gasteiger partial charge in [0, 0.05) is 22.7 Å². The Morgan fingerprint density at radius 1 is 1.10 bits per heavy atom. The van der Waals surface area contributed by atoms with Crippen molar-refractivity contribution >= 4 is 29.1 Å². The number of aryl methyl sites for hydroxylation is 1. The Morgan fingerprint density at radius 2 is 1.81 bits per heavy atom. The molecule has 5 heteroatoms. The minimum absolute atomic E-state index is 0.119. The van der Waals surface area contributed by atoms with E-state index in [0.29, 0.717) is 29.1 Å². The number of anilines is 1. The van der Waals surface area contributed by atoms with Crippen LogP contribution in [0.25, 0.3) is 0 Å². The summed E-state index contributed by atoms with van der Waals surface area (Å²) < 4.78 is 0. The number of primary amides is 1. The van der Waals surface area contributed by atoms with Crippen LogP contribution in [-0.4, -0.2) is 11.8 Å². The quantitative estimate of drug-likeness (QED) is 0.891. The fourth-order valence-corrected chi connectivity index (χ4v) is 2.01. The molecule has 2 rings (SSSR count). The highest BCUT2D eigenvalue weighted by Gasteiger charge is 2.05. The number of halogens is 1. The Balaban J connectivity index is 1.91. The summed E-state index contributed by atoms with van der Waals surface area (Å²) in [6.45, 7) is 0. The lowest BCUT2D eigenvalue weighted by Crippen LogP contribution is -2.14. The van der Waals surface area contributed by atoms with Crippen LogP contribution in [0.3, 0.4) is 0 Å². The third kappa shape index (κ3) is 4.61. The van der Waals surface area contributed by atoms with Crippen molar-refractivity contribution in [1.29, 1.82) is 0 Å². The highest BCUT2D eigenvalue weighted by atomic mass is 35.5. The lowest BCUT2D eigenvalue weighted by atomic mass is 10.1. The van der Waals surface area contributed by atoms with Gasteiger partial charge in [0.1, 0.15) is 0 Å². The molecule has 2 amide bonds. The van der Waals surface area contributed by atoms with Gasteiger partial charge in [-0.2, -0.15) is 0 Å². The summed E-state index contributed by atoms with van der Waals surface area (Å²) in [5.74, 6) is -0.640. The van der Waals surface area contributed by atoms with E-state index in [0.717, 1.165) is 5.56 Å². The highest BCUT2D eigenvalue weighted by molar-refractivity contribution is 6.30. The van der Waals surface area contributed by atoms with Gasteiger partial charge in [0.2, 0.25) is 11.8 Å². The number of hydrogen-bond acceptors (Lipinski definition) is 2. The molecule has 0 spiro atoms. The molecule has 0 aliphatic rings. The van der Waals surface area contributed by atoms with Crippen molar-refractivity contribution in [3.05, 3.63) is 64.7 Å². The number of amides is 2. The Labute approximate surface area is 127 Å². The lowest BCUT2D eigenvalue weighted by Gasteiger charge is -2.06. The second-order valence-electron chi connectivity index (χ2n) is 4.62. The Kier molecular flexibility index (Phi) is 4.95. The first kappa shape index (κ1) is 15.1. The fourth-order valence-electron chi connectivity index (χ4n) is 1.88. The smallest absolute Gasteiger partial charge is 0.248 e. The molecule has 3 N–H and O–H groups in total. The Bertz CT molecular complexity index is 654. The molecule has 0 aliphatic carbocycles. The zero-order valence-electron chi connectivity index (χ0n) is 11.3. The fraction of sp³-hybridized carbons (Fsp3) is 0.125. The zero-order valence-corrected chi connectivity index (χ0v) is 12.1. The molecular formula is C16H15ClN2O2. The van der Waals surface area contributed by atoms with Crippen molar-refractivity contribution in [3.63, 3.8) is 0 Å². The number of benzene rings is 2. The molecule has 0 radical (unpaired) electrons. The van der Waals surface area contributed by atoms with Gasteiger partial charge in [-0.15, -0.1) is 0 Å². The van der Waals surface area contributed by atoms with Crippen LogP contribution < -0.4 is 11.1 Å². The number of rotatable bonds is 5. The van der Waals surface area contributed by atoms with Crippen LogP contribution in [0.2, 0.25) is 5.02 Å². The van der Waals surface area contributed by atoms with Gasteiger partial charge < -0.3 is 11.1 Å². The summed E-state index contributed by atoms with van der Waals surface area (Å²) in [6.07, 6.45) is 0.973. The van der Waals surface area contributed by atoms with Crippen molar-refractivity contribution in [1.82, 2.24) is 0 Å². The van der Waals surface area contributed by atoms with Gasteiger partial charge in [0.05, 0.1) is 0 Å². The van der Waals surface area contributed by atoms with Gasteiger partial charge in [0.15, 0.2) is 0 Å². The molecule has 0 atom stereocenters. The number of carbonyl (C=O) groups excluding carboxylic acids is 2. The van der Waals surface area contributed by atoms with E-state index >= 15 is 0 Å². The predicted octanol–water partition coefficient (Wildman–Crippen LogP) is 3.01. The molecule has 0 heterocycles. The van der Waals surface area contributed by atoms with Crippen LogP contribution >= 0.6 is 11.6 Å². The number of nitrogens with one attached hydrogen (secondary N) is 1. The topological polar surface area (TPSA) is 72.2 Å². The minimum atomic E-state index is -0.521. The average Bonchev–Trinajstić information content (AvgIpc) is 2.47. The molecule has 0 saturated heterocycles. The summed E-state index contributed by atoms with van der Waals surface area (Å²) in [7, 11) is 0. The van der Waals surface area contributed by atoms with Crippen molar-refractivity contribution in [2.75, 3.05) is 5.32 Å². The van der Waals surface area contributed by atoms with E-state index in [1.54, 1.807) is 36.4 Å². The first-order chi connectivity index (χ1) is 10.0. The van der Waals surface area contributed by atoms with Crippen LogP contribution in [-0.2, 0) is 11.2 Å². The van der Waals surface area contributed by atoms with Crippen molar-refractivity contribution in [3.8, 4) is 0 Å². The Morgan fingerprint density at radius 3 is 2.48 bits per heavy atom. The molecule has 21 heavy (non-hydrogen) atoms. The molecule has 2 aromatic rings. The molecule has 0 bridgehead atoms. The van der Waals surface area contributed by atoms with Crippen LogP contribution in [0.15, 0.2) is 48.5 Å². The van der Waals surface area contributed by atoms with Crippen LogP contribution in [0.4, 0.5) is 5.69 Å². The van der Waals surface area contributed by atoms with E-state index < -0.39 is 5.91 Å². The first-order valence-corrected chi connectivity index (χ1v) is 6.86. The number of carbonyl (C=O) groups is 2. The second kappa shape index (κ2) is 6.90. The van der Waals surface area contributed by atoms with E-state index in [4.69, 9.17) is 17.3 Å². The molecule has 2 aromatic carbocycles. The standard InChI is InChI=1S/C16H15ClN2O2/c17-13-7-4-11(5-8-13)6-9-15(20)19-14-3-1-2-12(10-14)16(18)21/h1-5,7-8,10H,6,9H2,(H2,18,21)(H,19,20). The number of hydrogen-bond donors (Lipinski definition) is 2. The summed E-state index contributed by atoms with van der Waals surface area (Å²) in [6, 6.07) is 13.9. The molecule has 0 saturated carbocycles. The van der Waals surface area contributed by atoms with Gasteiger partial charge >= 0.3 is 0 Å². The molecule has 0 unspecified atom stereocenters. The molecule has 0 fully saturated rings. The van der Waals surface area contributed by atoms with E-state index in [2.05, 4.69) is 5.32 Å². The van der Waals surface area contributed by atoms with E-state index in [1.807, 2.05) is 12.1 Å². The van der Waals surface area contributed by atoms with E-state index in [-0.39, 0.29) is 5.91 Å². The molecule has 4 nitrogen and oxygen atoms in total. The van der Waals surface area contributed by atoms with E-state index in [9.17, 15) is 9.59 Å². The minimum Gasteiger partial charge on any atom is -0.366 e. The maximum atomic E-state index is 11.9. The maximum Gasteiger partial charge on any atom is 0.248 e. The van der Waals surface area contributed by atoms with Crippen LogP contribution in [0, 0.1) is 0 Å². The molecule has 0 aromatic heterocycles. The summed E-state index contributed by atoms with van der Waals surface area (Å²) >= 11 is 5.81. The largest absolute Gasteiger partial charge is 0.366 e. The zero-order chi connectivity index (χ0) is 15.2. The highest BCUT2D eigenvalue weighted by Crippen LogP contribution is 2.13. The summed E-state index contributed by atoms with van der Waals surface area (Å²) in [5.41, 5.74) is 7.17. The van der Waals surface area contributed by atoms with Gasteiger partial charge in [-0.3, -0.25) is 9.59 Å². The normalized spacial score (nSPS) is 10.1. The molecular weight excluding hydrogens is 288 g/mol. The SMILES string of the molecule is NC(=O)c1cccc(NC(=O)CCc2ccc(Cl)cc2)c1. The average molecular weight is 303 g/mol. The first-order valence-electron chi connectivity index (χ1n) is 6.49. The van der Waals surface area contributed by atoms with Crippen LogP contribution in [0.5, 0.6) is 0 Å². The monoisotopic (exact) mass is 302 g/mol. The van der Waals surface area contributed by atoms with Crippen LogP contribution in [0.1, 0.15) is 22.3 Å². The van der Waals surface area contributed by atoms with Gasteiger partial charge in [-0.05, 0) is 42.3 Å². The lowest BCUT2D eigenvalue weighted by molar-refractivity contribution is -0.116. The van der Waals surface area contributed by atoms with Gasteiger partial charge in [-0.25, -0.2) is 0 Å². The summed E-state index contributed by atoms with van der Waals surface area (Å²) in [5, 5.41) is 3.42. The summed E-state index contributed by atoms with van der Waals surface area (Å²) in [4.78, 5) is 23.0. The van der Waals surface area contributed by atoms with Crippen molar-refractivity contribution < 1.29 is 9.59 Å². The van der Waals surface area contributed by atoms with E-state index in [1.165, 1.54) is 0 Å². The van der Waals surface area contributed by atoms with Crippen molar-refractivity contribution in [2.45, 2.75) is 12.8 Å². The predicted molar refractivity (Wildman–Crippen MR) is 83.4 cm³/mol. The molecule has 108 valence electrons. The third-order valence-corrected chi connectivity index (χ3v) is 3.24. The van der Waals surface area contributed by atoms with Gasteiger partial charge in [-0.1, -0.05) is 29.8 Å². The molecule has 0 aliphatic heterocycles. The van der Waals surface area contributed by atoms with Gasteiger partial charge in [0.25, 0.3) is 0 Å². The maximum absolute atomic E-state index is 11.9. The van der Waals surface area contributed by atoms with Crippen molar-refractivity contribution in [2.24, 2.45) is 5.73 Å².